The number of ether oxygens (including phenoxy) is 2. The molecule has 0 spiro atoms. The van der Waals surface area contributed by atoms with Crippen LogP contribution in [-0.2, 0) is 6.42 Å². The second kappa shape index (κ2) is 6.09. The van der Waals surface area contributed by atoms with Crippen LogP contribution in [-0.4, -0.2) is 24.2 Å². The van der Waals surface area contributed by atoms with E-state index in [0.717, 1.165) is 6.42 Å². The zero-order chi connectivity index (χ0) is 14.7. The number of nitro groups is 1. The summed E-state index contributed by atoms with van der Waals surface area (Å²) in [5.41, 5.74) is 6.71. The van der Waals surface area contributed by atoms with Crippen LogP contribution in [0.2, 0.25) is 0 Å². The summed E-state index contributed by atoms with van der Waals surface area (Å²) in [6.45, 7) is 5.04. The molecule has 0 saturated heterocycles. The molecule has 0 fully saturated rings. The van der Waals surface area contributed by atoms with Crippen LogP contribution in [0.15, 0.2) is 12.1 Å². The lowest BCUT2D eigenvalue weighted by molar-refractivity contribution is -0.385. The highest BCUT2D eigenvalue weighted by molar-refractivity contribution is 5.55. The van der Waals surface area contributed by atoms with Crippen LogP contribution >= 0.6 is 0 Å². The summed E-state index contributed by atoms with van der Waals surface area (Å²) in [6.07, 6.45) is 1.29. The molecule has 6 heteroatoms. The van der Waals surface area contributed by atoms with Crippen LogP contribution in [0.5, 0.6) is 11.5 Å². The molecular formula is C14H20N2O4. The van der Waals surface area contributed by atoms with Gasteiger partial charge in [-0.15, -0.1) is 0 Å². The molecule has 1 aromatic carbocycles. The van der Waals surface area contributed by atoms with Crippen molar-refractivity contribution in [1.29, 1.82) is 0 Å². The summed E-state index contributed by atoms with van der Waals surface area (Å²) in [5, 5.41) is 11.2. The first-order chi connectivity index (χ1) is 9.47. The third-order valence-corrected chi connectivity index (χ3v) is 3.20. The topological polar surface area (TPSA) is 87.6 Å². The normalized spacial score (nSPS) is 15.2. The van der Waals surface area contributed by atoms with E-state index in [2.05, 4.69) is 13.8 Å². The molecule has 0 bridgehead atoms. The highest BCUT2D eigenvalue weighted by Crippen LogP contribution is 2.37. The molecular weight excluding hydrogens is 260 g/mol. The lowest BCUT2D eigenvalue weighted by Crippen LogP contribution is -2.25. The SMILES string of the molecule is CC(C)CC(N)Cc1cc2c(cc1[N+](=O)[O-])OCCO2. The number of hydrogen-bond acceptors (Lipinski definition) is 5. The minimum Gasteiger partial charge on any atom is -0.486 e. The van der Waals surface area contributed by atoms with E-state index in [1.165, 1.54) is 6.07 Å². The Morgan fingerprint density at radius 3 is 2.45 bits per heavy atom. The number of fused-ring (bicyclic) bond motifs is 1. The van der Waals surface area contributed by atoms with E-state index in [1.807, 2.05) is 0 Å². The molecule has 20 heavy (non-hydrogen) atoms. The highest BCUT2D eigenvalue weighted by atomic mass is 16.6. The summed E-state index contributed by atoms with van der Waals surface area (Å²) < 4.78 is 10.9. The van der Waals surface area contributed by atoms with Gasteiger partial charge in [0.1, 0.15) is 13.2 Å². The van der Waals surface area contributed by atoms with Crippen molar-refractivity contribution in [1.82, 2.24) is 0 Å². The monoisotopic (exact) mass is 280 g/mol. The molecule has 2 rings (SSSR count). The Morgan fingerprint density at radius 1 is 1.30 bits per heavy atom. The van der Waals surface area contributed by atoms with E-state index in [-0.39, 0.29) is 11.7 Å². The van der Waals surface area contributed by atoms with Crippen LogP contribution in [0.3, 0.4) is 0 Å². The zero-order valence-electron chi connectivity index (χ0n) is 11.8. The summed E-state index contributed by atoms with van der Waals surface area (Å²) in [4.78, 5) is 10.8. The molecule has 1 heterocycles. The number of benzene rings is 1. The van der Waals surface area contributed by atoms with Gasteiger partial charge in [0.15, 0.2) is 11.5 Å². The lowest BCUT2D eigenvalue weighted by atomic mass is 9.97. The van der Waals surface area contributed by atoms with Crippen molar-refractivity contribution < 1.29 is 14.4 Å². The minimum atomic E-state index is -0.393. The average Bonchev–Trinajstić information content (AvgIpc) is 2.36. The second-order valence-electron chi connectivity index (χ2n) is 5.48. The molecule has 0 radical (unpaired) electrons. The van der Waals surface area contributed by atoms with Gasteiger partial charge >= 0.3 is 0 Å². The fraction of sp³-hybridized carbons (Fsp3) is 0.571. The van der Waals surface area contributed by atoms with E-state index in [0.29, 0.717) is 42.6 Å². The Morgan fingerprint density at radius 2 is 1.90 bits per heavy atom. The molecule has 1 aliphatic rings. The number of nitrogens with two attached hydrogens (primary N) is 1. The smallest absolute Gasteiger partial charge is 0.276 e. The number of hydrogen-bond donors (Lipinski definition) is 1. The van der Waals surface area contributed by atoms with Gasteiger partial charge in [0.05, 0.1) is 11.0 Å². The largest absolute Gasteiger partial charge is 0.486 e. The van der Waals surface area contributed by atoms with Crippen LogP contribution in [0.1, 0.15) is 25.8 Å². The predicted molar refractivity (Wildman–Crippen MR) is 75.2 cm³/mol. The maximum absolute atomic E-state index is 11.2. The summed E-state index contributed by atoms with van der Waals surface area (Å²) in [6, 6.07) is 3.02. The molecule has 1 aliphatic heterocycles. The van der Waals surface area contributed by atoms with Gasteiger partial charge in [0, 0.05) is 11.6 Å². The van der Waals surface area contributed by atoms with Gasteiger partial charge in [0.2, 0.25) is 0 Å². The third kappa shape index (κ3) is 3.39. The van der Waals surface area contributed by atoms with Crippen molar-refractivity contribution >= 4 is 5.69 Å². The molecule has 1 unspecified atom stereocenters. The molecule has 1 aromatic rings. The number of nitrogens with zero attached hydrogens (tertiary/aromatic N) is 1. The summed E-state index contributed by atoms with van der Waals surface area (Å²) in [5.74, 6) is 1.46. The van der Waals surface area contributed by atoms with Crippen molar-refractivity contribution in [2.45, 2.75) is 32.7 Å². The third-order valence-electron chi connectivity index (χ3n) is 3.20. The van der Waals surface area contributed by atoms with Gasteiger partial charge in [-0.2, -0.15) is 0 Å². The van der Waals surface area contributed by atoms with Crippen molar-refractivity contribution in [3.05, 3.63) is 27.8 Å². The maximum Gasteiger partial charge on any atom is 0.276 e. The van der Waals surface area contributed by atoms with Crippen LogP contribution in [0.4, 0.5) is 5.69 Å². The molecule has 110 valence electrons. The quantitative estimate of drug-likeness (QED) is 0.660. The molecule has 0 aromatic heterocycles. The highest BCUT2D eigenvalue weighted by Gasteiger charge is 2.23. The number of rotatable bonds is 5. The first kappa shape index (κ1) is 14.6. The Labute approximate surface area is 118 Å². The average molecular weight is 280 g/mol. The predicted octanol–water partition coefficient (Wildman–Crippen LogP) is 2.28. The fourth-order valence-corrected chi connectivity index (χ4v) is 2.42. The first-order valence-corrected chi connectivity index (χ1v) is 6.80. The Bertz CT molecular complexity index is 502. The van der Waals surface area contributed by atoms with E-state index >= 15 is 0 Å². The van der Waals surface area contributed by atoms with Gasteiger partial charge in [-0.05, 0) is 24.8 Å². The molecule has 0 aliphatic carbocycles. The standard InChI is InChI=1S/C14H20N2O4/c1-9(2)5-11(15)6-10-7-13-14(20-4-3-19-13)8-12(10)16(17)18/h7-9,11H,3-6,15H2,1-2H3. The summed E-state index contributed by atoms with van der Waals surface area (Å²) in [7, 11) is 0. The van der Waals surface area contributed by atoms with Gasteiger partial charge in [-0.1, -0.05) is 13.8 Å². The Balaban J connectivity index is 2.28. The molecule has 1 atom stereocenters. The van der Waals surface area contributed by atoms with E-state index in [9.17, 15) is 10.1 Å². The molecule has 6 nitrogen and oxygen atoms in total. The Hall–Kier alpha value is -1.82. The van der Waals surface area contributed by atoms with Crippen molar-refractivity contribution in [2.24, 2.45) is 11.7 Å². The maximum atomic E-state index is 11.2. The van der Waals surface area contributed by atoms with E-state index in [1.54, 1.807) is 6.07 Å². The Kier molecular flexibility index (Phi) is 4.44. The minimum absolute atomic E-state index is 0.0495. The van der Waals surface area contributed by atoms with Crippen LogP contribution < -0.4 is 15.2 Å². The van der Waals surface area contributed by atoms with Gasteiger partial charge in [0.25, 0.3) is 5.69 Å². The van der Waals surface area contributed by atoms with Gasteiger partial charge < -0.3 is 15.2 Å². The first-order valence-electron chi connectivity index (χ1n) is 6.80. The second-order valence-corrected chi connectivity index (χ2v) is 5.48. The van der Waals surface area contributed by atoms with Crippen molar-refractivity contribution in [2.75, 3.05) is 13.2 Å². The summed E-state index contributed by atoms with van der Waals surface area (Å²) >= 11 is 0. The molecule has 0 saturated carbocycles. The van der Waals surface area contributed by atoms with Crippen molar-refractivity contribution in [3.8, 4) is 11.5 Å². The van der Waals surface area contributed by atoms with Gasteiger partial charge in [-0.3, -0.25) is 10.1 Å². The van der Waals surface area contributed by atoms with Gasteiger partial charge in [-0.25, -0.2) is 0 Å². The van der Waals surface area contributed by atoms with E-state index in [4.69, 9.17) is 15.2 Å². The zero-order valence-corrected chi connectivity index (χ0v) is 11.8. The molecule has 0 amide bonds. The lowest BCUT2D eigenvalue weighted by Gasteiger charge is -2.20. The fourth-order valence-electron chi connectivity index (χ4n) is 2.42. The number of nitro benzene ring substituents is 1. The van der Waals surface area contributed by atoms with Crippen LogP contribution in [0.25, 0.3) is 0 Å². The molecule has 2 N–H and O–H groups in total. The van der Waals surface area contributed by atoms with Crippen LogP contribution in [0, 0.1) is 16.0 Å². The van der Waals surface area contributed by atoms with Crippen molar-refractivity contribution in [3.63, 3.8) is 0 Å². The van der Waals surface area contributed by atoms with E-state index < -0.39 is 4.92 Å².